The lowest BCUT2D eigenvalue weighted by molar-refractivity contribution is 0.0155. The second-order valence-electron chi connectivity index (χ2n) is 5.20. The number of rotatable bonds is 5. The molecule has 2 atom stereocenters. The number of aryl methyl sites for hydroxylation is 1. The lowest BCUT2D eigenvalue weighted by Crippen LogP contribution is -2.45. The molecule has 0 saturated carbocycles. The summed E-state index contributed by atoms with van der Waals surface area (Å²) >= 11 is 0. The summed E-state index contributed by atoms with van der Waals surface area (Å²) in [5, 5.41) is 0. The first kappa shape index (κ1) is 13.6. The second-order valence-corrected chi connectivity index (χ2v) is 5.20. The van der Waals surface area contributed by atoms with E-state index in [0.29, 0.717) is 18.5 Å². The van der Waals surface area contributed by atoms with Crippen molar-refractivity contribution in [2.45, 2.75) is 32.4 Å². The van der Waals surface area contributed by atoms with E-state index in [1.54, 1.807) is 6.26 Å². The normalized spacial score (nSPS) is 22.3. The maximum atomic E-state index is 5.95. The Balaban J connectivity index is 1.96. The highest BCUT2D eigenvalue weighted by Gasteiger charge is 2.26. The van der Waals surface area contributed by atoms with Crippen LogP contribution in [0.2, 0.25) is 0 Å². The first-order valence-corrected chi connectivity index (χ1v) is 6.73. The molecule has 1 fully saturated rings. The fourth-order valence-corrected chi connectivity index (χ4v) is 2.76. The largest absolute Gasteiger partial charge is 0.469 e. The van der Waals surface area contributed by atoms with Gasteiger partial charge in [0, 0.05) is 31.3 Å². The molecule has 0 radical (unpaired) electrons. The SMILES string of the molecule is Cc1occc1CN(C)C(CN)C1CCCOC1. The molecule has 0 spiro atoms. The van der Waals surface area contributed by atoms with Gasteiger partial charge in [0.1, 0.15) is 5.76 Å². The number of nitrogens with zero attached hydrogens (tertiary/aromatic N) is 1. The summed E-state index contributed by atoms with van der Waals surface area (Å²) in [7, 11) is 2.14. The first-order valence-electron chi connectivity index (χ1n) is 6.73. The molecule has 1 aliphatic rings. The third-order valence-electron chi connectivity index (χ3n) is 3.93. The molecule has 2 unspecified atom stereocenters. The highest BCUT2D eigenvalue weighted by molar-refractivity contribution is 5.15. The van der Waals surface area contributed by atoms with Crippen molar-refractivity contribution in [3.05, 3.63) is 23.7 Å². The predicted molar refractivity (Wildman–Crippen MR) is 71.3 cm³/mol. The van der Waals surface area contributed by atoms with Gasteiger partial charge in [0.2, 0.25) is 0 Å². The Morgan fingerprint density at radius 2 is 2.39 bits per heavy atom. The molecule has 18 heavy (non-hydrogen) atoms. The van der Waals surface area contributed by atoms with E-state index in [-0.39, 0.29) is 0 Å². The van der Waals surface area contributed by atoms with Crippen molar-refractivity contribution in [2.24, 2.45) is 11.7 Å². The number of ether oxygens (including phenoxy) is 1. The Hall–Kier alpha value is -0.840. The lowest BCUT2D eigenvalue weighted by atomic mass is 9.92. The Labute approximate surface area is 109 Å². The van der Waals surface area contributed by atoms with Gasteiger partial charge in [-0.1, -0.05) is 0 Å². The van der Waals surface area contributed by atoms with E-state index >= 15 is 0 Å². The molecule has 2 rings (SSSR count). The van der Waals surface area contributed by atoms with Crippen molar-refractivity contribution >= 4 is 0 Å². The lowest BCUT2D eigenvalue weighted by Gasteiger charge is -2.35. The Bertz CT molecular complexity index is 358. The van der Waals surface area contributed by atoms with Crippen molar-refractivity contribution < 1.29 is 9.15 Å². The molecule has 0 amide bonds. The number of likely N-dealkylation sites (N-methyl/N-ethyl adjacent to an activating group) is 1. The minimum absolute atomic E-state index is 0.389. The maximum Gasteiger partial charge on any atom is 0.105 e. The van der Waals surface area contributed by atoms with Crippen molar-refractivity contribution in [2.75, 3.05) is 26.8 Å². The molecule has 0 aliphatic carbocycles. The molecule has 1 aromatic rings. The van der Waals surface area contributed by atoms with Gasteiger partial charge in [0.25, 0.3) is 0 Å². The van der Waals surface area contributed by atoms with Gasteiger partial charge < -0.3 is 14.9 Å². The van der Waals surface area contributed by atoms with Gasteiger partial charge >= 0.3 is 0 Å². The highest BCUT2D eigenvalue weighted by Crippen LogP contribution is 2.22. The smallest absolute Gasteiger partial charge is 0.105 e. The van der Waals surface area contributed by atoms with Gasteiger partial charge in [0.15, 0.2) is 0 Å². The molecule has 0 bridgehead atoms. The van der Waals surface area contributed by atoms with E-state index in [4.69, 9.17) is 14.9 Å². The molecular weight excluding hydrogens is 228 g/mol. The molecule has 1 saturated heterocycles. The van der Waals surface area contributed by atoms with Crippen LogP contribution in [0.25, 0.3) is 0 Å². The topological polar surface area (TPSA) is 51.6 Å². The third kappa shape index (κ3) is 3.13. The predicted octanol–water partition coefficient (Wildman–Crippen LogP) is 1.77. The number of nitrogens with two attached hydrogens (primary N) is 1. The second kappa shape index (κ2) is 6.36. The van der Waals surface area contributed by atoms with E-state index in [2.05, 4.69) is 11.9 Å². The van der Waals surface area contributed by atoms with E-state index < -0.39 is 0 Å². The Kier molecular flexibility index (Phi) is 4.80. The zero-order valence-electron chi connectivity index (χ0n) is 11.4. The monoisotopic (exact) mass is 252 g/mol. The highest BCUT2D eigenvalue weighted by atomic mass is 16.5. The van der Waals surface area contributed by atoms with Gasteiger partial charge in [-0.05, 0) is 38.8 Å². The molecule has 2 N–H and O–H groups in total. The molecule has 4 heteroatoms. The first-order chi connectivity index (χ1) is 8.72. The summed E-state index contributed by atoms with van der Waals surface area (Å²) in [4.78, 5) is 2.33. The third-order valence-corrected chi connectivity index (χ3v) is 3.93. The summed E-state index contributed by atoms with van der Waals surface area (Å²) < 4.78 is 10.9. The van der Waals surface area contributed by atoms with Crippen LogP contribution in [0.3, 0.4) is 0 Å². The standard InChI is InChI=1S/C14H24N2O2/c1-11-12(5-7-18-11)9-16(2)14(8-15)13-4-3-6-17-10-13/h5,7,13-14H,3-4,6,8-10,15H2,1-2H3. The van der Waals surface area contributed by atoms with E-state index in [1.165, 1.54) is 12.0 Å². The van der Waals surface area contributed by atoms with Crippen LogP contribution in [0.4, 0.5) is 0 Å². The summed E-state index contributed by atoms with van der Waals surface area (Å²) in [5.41, 5.74) is 7.19. The van der Waals surface area contributed by atoms with Crippen LogP contribution in [0.15, 0.2) is 16.7 Å². The van der Waals surface area contributed by atoms with Crippen LogP contribution >= 0.6 is 0 Å². The molecule has 0 aromatic carbocycles. The summed E-state index contributed by atoms with van der Waals surface area (Å²) in [6.07, 6.45) is 4.12. The molecule has 102 valence electrons. The average molecular weight is 252 g/mol. The van der Waals surface area contributed by atoms with E-state index in [9.17, 15) is 0 Å². The Morgan fingerprint density at radius 1 is 1.56 bits per heavy atom. The van der Waals surface area contributed by atoms with Crippen molar-refractivity contribution in [3.8, 4) is 0 Å². The molecule has 1 aromatic heterocycles. The van der Waals surface area contributed by atoms with Gasteiger partial charge in [-0.2, -0.15) is 0 Å². The van der Waals surface area contributed by atoms with Gasteiger partial charge in [-0.3, -0.25) is 4.90 Å². The molecule has 4 nitrogen and oxygen atoms in total. The Morgan fingerprint density at radius 3 is 2.94 bits per heavy atom. The van der Waals surface area contributed by atoms with Crippen LogP contribution in [-0.4, -0.2) is 37.7 Å². The summed E-state index contributed by atoms with van der Waals surface area (Å²) in [6.45, 7) is 5.32. The minimum Gasteiger partial charge on any atom is -0.469 e. The maximum absolute atomic E-state index is 5.95. The quantitative estimate of drug-likeness (QED) is 0.868. The van der Waals surface area contributed by atoms with Crippen LogP contribution in [-0.2, 0) is 11.3 Å². The van der Waals surface area contributed by atoms with E-state index in [1.807, 2.05) is 13.0 Å². The molecular formula is C14H24N2O2. The van der Waals surface area contributed by atoms with Crippen LogP contribution in [0.1, 0.15) is 24.2 Å². The van der Waals surface area contributed by atoms with Crippen molar-refractivity contribution in [1.29, 1.82) is 0 Å². The van der Waals surface area contributed by atoms with Gasteiger partial charge in [0.05, 0.1) is 12.9 Å². The van der Waals surface area contributed by atoms with Crippen molar-refractivity contribution in [3.63, 3.8) is 0 Å². The van der Waals surface area contributed by atoms with E-state index in [0.717, 1.165) is 31.9 Å². The molecule has 1 aliphatic heterocycles. The average Bonchev–Trinajstić information content (AvgIpc) is 2.77. The minimum atomic E-state index is 0.389. The van der Waals surface area contributed by atoms with Gasteiger partial charge in [-0.25, -0.2) is 0 Å². The molecule has 2 heterocycles. The summed E-state index contributed by atoms with van der Waals surface area (Å²) in [5.74, 6) is 1.55. The zero-order chi connectivity index (χ0) is 13.0. The van der Waals surface area contributed by atoms with Gasteiger partial charge in [-0.15, -0.1) is 0 Å². The van der Waals surface area contributed by atoms with Crippen LogP contribution in [0, 0.1) is 12.8 Å². The summed E-state index contributed by atoms with van der Waals surface area (Å²) in [6, 6.07) is 2.43. The number of hydrogen-bond donors (Lipinski definition) is 1. The fraction of sp³-hybridized carbons (Fsp3) is 0.714. The van der Waals surface area contributed by atoms with Crippen LogP contribution < -0.4 is 5.73 Å². The number of furan rings is 1. The number of hydrogen-bond acceptors (Lipinski definition) is 4. The van der Waals surface area contributed by atoms with Crippen molar-refractivity contribution in [1.82, 2.24) is 4.90 Å². The van der Waals surface area contributed by atoms with Crippen LogP contribution in [0.5, 0.6) is 0 Å². The fourth-order valence-electron chi connectivity index (χ4n) is 2.76. The zero-order valence-corrected chi connectivity index (χ0v) is 11.4.